The van der Waals surface area contributed by atoms with E-state index in [-0.39, 0.29) is 36.0 Å². The third kappa shape index (κ3) is 6.11. The smallest absolute Gasteiger partial charge is 0.328 e. The molecule has 2 N–H and O–H groups in total. The van der Waals surface area contributed by atoms with Gasteiger partial charge in [0.15, 0.2) is 5.76 Å². The quantitative estimate of drug-likeness (QED) is 0.541. The Bertz CT molecular complexity index is 891. The van der Waals surface area contributed by atoms with Crippen LogP contribution in [0.15, 0.2) is 22.8 Å². The maximum Gasteiger partial charge on any atom is 0.328 e. The van der Waals surface area contributed by atoms with E-state index in [0.717, 1.165) is 19.3 Å². The summed E-state index contributed by atoms with van der Waals surface area (Å²) < 4.78 is 9.70. The number of carbonyl (C=O) groups is 5. The number of methoxy groups -OCH3 is 1. The number of furan rings is 1. The highest BCUT2D eigenvalue weighted by Crippen LogP contribution is 2.40. The number of esters is 1. The van der Waals surface area contributed by atoms with Crippen molar-refractivity contribution in [2.45, 2.75) is 38.6 Å². The predicted molar refractivity (Wildman–Crippen MR) is 115 cm³/mol. The van der Waals surface area contributed by atoms with Crippen LogP contribution < -0.4 is 10.6 Å². The Kier molecular flexibility index (Phi) is 7.72. The first-order valence-corrected chi connectivity index (χ1v) is 11.0. The Morgan fingerprint density at radius 3 is 2.33 bits per heavy atom. The molecule has 2 aliphatic rings. The normalized spacial score (nSPS) is 18.0. The molecule has 0 bridgehead atoms. The molecule has 1 aromatic heterocycles. The molecular formula is C22H30N4O7. The van der Waals surface area contributed by atoms with E-state index in [0.29, 0.717) is 26.2 Å². The summed E-state index contributed by atoms with van der Waals surface area (Å²) in [4.78, 5) is 63.8. The van der Waals surface area contributed by atoms with Gasteiger partial charge in [-0.2, -0.15) is 0 Å². The van der Waals surface area contributed by atoms with Crippen molar-refractivity contribution >= 4 is 29.6 Å². The first-order valence-electron chi connectivity index (χ1n) is 11.0. The summed E-state index contributed by atoms with van der Waals surface area (Å²) in [6.07, 6.45) is 3.56. The number of hydrogen-bond donors (Lipinski definition) is 2. The van der Waals surface area contributed by atoms with Crippen molar-refractivity contribution in [3.05, 3.63) is 24.2 Å². The topological polar surface area (TPSA) is 138 Å². The number of rotatable bonds is 7. The number of ether oxygens (including phenoxy) is 1. The third-order valence-corrected chi connectivity index (χ3v) is 6.35. The molecule has 1 spiro atoms. The highest BCUT2D eigenvalue weighted by molar-refractivity contribution is 5.94. The summed E-state index contributed by atoms with van der Waals surface area (Å²) in [5, 5.41) is 5.03. The second-order valence-electron chi connectivity index (χ2n) is 8.59. The molecule has 11 nitrogen and oxygen atoms in total. The number of amides is 4. The maximum absolute atomic E-state index is 12.8. The summed E-state index contributed by atoms with van der Waals surface area (Å²) in [5.74, 6) is -1.71. The maximum atomic E-state index is 12.8. The van der Waals surface area contributed by atoms with Crippen LogP contribution in [0.1, 0.15) is 43.2 Å². The van der Waals surface area contributed by atoms with Crippen LogP contribution in [0.2, 0.25) is 0 Å². The number of hydrogen-bond acceptors (Lipinski definition) is 7. The van der Waals surface area contributed by atoms with Gasteiger partial charge >= 0.3 is 5.97 Å². The lowest BCUT2D eigenvalue weighted by Crippen LogP contribution is -2.48. The van der Waals surface area contributed by atoms with Crippen LogP contribution in [0.5, 0.6) is 0 Å². The van der Waals surface area contributed by atoms with Crippen LogP contribution in [-0.4, -0.2) is 85.3 Å². The first-order chi connectivity index (χ1) is 15.7. The van der Waals surface area contributed by atoms with Gasteiger partial charge in [-0.3, -0.25) is 19.2 Å². The lowest BCUT2D eigenvalue weighted by Gasteiger charge is -2.39. The fourth-order valence-electron chi connectivity index (χ4n) is 4.43. The van der Waals surface area contributed by atoms with Gasteiger partial charge in [0.25, 0.3) is 5.91 Å². The standard InChI is InChI=1S/C22H30N4O7/c1-15(27)24-16(21(31)32-2)12-18(28)26-10-7-22(14-26)5-8-25(9-6-22)19(29)13-23-20(30)17-4-3-11-33-17/h3-4,11,16H,5-10,12-14H2,1-2H3,(H,23,30)(H,24,27)/t16-/m0/s1. The Morgan fingerprint density at radius 1 is 1.09 bits per heavy atom. The van der Waals surface area contributed by atoms with Gasteiger partial charge < -0.3 is 29.6 Å². The molecule has 0 radical (unpaired) electrons. The van der Waals surface area contributed by atoms with Crippen molar-refractivity contribution in [2.75, 3.05) is 39.8 Å². The second-order valence-corrected chi connectivity index (χ2v) is 8.59. The van der Waals surface area contributed by atoms with Crippen molar-refractivity contribution in [2.24, 2.45) is 5.41 Å². The fourth-order valence-corrected chi connectivity index (χ4v) is 4.43. The number of likely N-dealkylation sites (tertiary alicyclic amines) is 2. The van der Waals surface area contributed by atoms with E-state index in [4.69, 9.17) is 4.42 Å². The van der Waals surface area contributed by atoms with E-state index in [9.17, 15) is 24.0 Å². The molecule has 3 heterocycles. The Hall–Kier alpha value is -3.37. The van der Waals surface area contributed by atoms with Gasteiger partial charge in [0.05, 0.1) is 26.3 Å². The largest absolute Gasteiger partial charge is 0.467 e. The molecule has 0 unspecified atom stereocenters. The van der Waals surface area contributed by atoms with Crippen LogP contribution >= 0.6 is 0 Å². The zero-order chi connectivity index (χ0) is 24.0. The summed E-state index contributed by atoms with van der Waals surface area (Å²) in [6.45, 7) is 3.40. The molecule has 1 aromatic rings. The van der Waals surface area contributed by atoms with E-state index in [1.165, 1.54) is 26.4 Å². The Morgan fingerprint density at radius 2 is 1.76 bits per heavy atom. The van der Waals surface area contributed by atoms with E-state index in [1.54, 1.807) is 15.9 Å². The van der Waals surface area contributed by atoms with Gasteiger partial charge in [-0.25, -0.2) is 4.79 Å². The minimum absolute atomic E-state index is 0.0708. The second kappa shape index (κ2) is 10.5. The van der Waals surface area contributed by atoms with Crippen LogP contribution in [-0.2, 0) is 23.9 Å². The molecular weight excluding hydrogens is 432 g/mol. The molecule has 3 rings (SSSR count). The minimum Gasteiger partial charge on any atom is -0.467 e. The van der Waals surface area contributed by atoms with Crippen molar-refractivity contribution in [1.82, 2.24) is 20.4 Å². The average Bonchev–Trinajstić information content (AvgIpc) is 3.47. The fraction of sp³-hybridized carbons (Fsp3) is 0.591. The number of piperidine rings is 1. The molecule has 33 heavy (non-hydrogen) atoms. The molecule has 2 aliphatic heterocycles. The zero-order valence-corrected chi connectivity index (χ0v) is 18.9. The zero-order valence-electron chi connectivity index (χ0n) is 18.9. The summed E-state index contributed by atoms with van der Waals surface area (Å²) in [5.41, 5.74) is -0.0708. The molecule has 2 saturated heterocycles. The lowest BCUT2D eigenvalue weighted by atomic mass is 9.78. The first kappa shape index (κ1) is 24.3. The van der Waals surface area contributed by atoms with E-state index in [1.807, 2.05) is 0 Å². The average molecular weight is 463 g/mol. The van der Waals surface area contributed by atoms with Crippen molar-refractivity contribution in [1.29, 1.82) is 0 Å². The SMILES string of the molecule is COC(=O)[C@H](CC(=O)N1CCC2(CCN(C(=O)CNC(=O)c3ccco3)CC2)C1)NC(C)=O. The molecule has 1 atom stereocenters. The van der Waals surface area contributed by atoms with E-state index in [2.05, 4.69) is 15.4 Å². The summed E-state index contributed by atoms with van der Waals surface area (Å²) in [6, 6.07) is 2.12. The van der Waals surface area contributed by atoms with Gasteiger partial charge in [0.1, 0.15) is 6.04 Å². The number of nitrogens with zero attached hydrogens (tertiary/aromatic N) is 2. The van der Waals surface area contributed by atoms with Crippen LogP contribution in [0.4, 0.5) is 0 Å². The van der Waals surface area contributed by atoms with Gasteiger partial charge in [-0.1, -0.05) is 0 Å². The van der Waals surface area contributed by atoms with Crippen LogP contribution in [0, 0.1) is 5.41 Å². The predicted octanol–water partition coefficient (Wildman–Crippen LogP) is -0.0817. The highest BCUT2D eigenvalue weighted by atomic mass is 16.5. The van der Waals surface area contributed by atoms with E-state index < -0.39 is 23.8 Å². The molecule has 4 amide bonds. The van der Waals surface area contributed by atoms with Crippen molar-refractivity contribution in [3.63, 3.8) is 0 Å². The highest BCUT2D eigenvalue weighted by Gasteiger charge is 2.43. The Balaban J connectivity index is 1.46. The molecule has 180 valence electrons. The minimum atomic E-state index is -1.01. The third-order valence-electron chi connectivity index (χ3n) is 6.35. The van der Waals surface area contributed by atoms with Gasteiger partial charge in [0, 0.05) is 33.1 Å². The van der Waals surface area contributed by atoms with Crippen LogP contribution in [0.25, 0.3) is 0 Å². The van der Waals surface area contributed by atoms with Crippen LogP contribution in [0.3, 0.4) is 0 Å². The Labute approximate surface area is 191 Å². The van der Waals surface area contributed by atoms with E-state index >= 15 is 0 Å². The monoisotopic (exact) mass is 462 g/mol. The lowest BCUT2D eigenvalue weighted by molar-refractivity contribution is -0.147. The molecule has 0 aromatic carbocycles. The summed E-state index contributed by atoms with van der Waals surface area (Å²) >= 11 is 0. The van der Waals surface area contributed by atoms with Gasteiger partial charge in [0.2, 0.25) is 17.7 Å². The summed E-state index contributed by atoms with van der Waals surface area (Å²) in [7, 11) is 1.21. The van der Waals surface area contributed by atoms with Gasteiger partial charge in [-0.15, -0.1) is 0 Å². The van der Waals surface area contributed by atoms with Crippen molar-refractivity contribution in [3.8, 4) is 0 Å². The molecule has 0 aliphatic carbocycles. The molecule has 2 fully saturated rings. The van der Waals surface area contributed by atoms with Gasteiger partial charge in [-0.05, 0) is 36.8 Å². The van der Waals surface area contributed by atoms with Crippen molar-refractivity contribution < 1.29 is 33.1 Å². The molecule has 11 heteroatoms. The number of carbonyl (C=O) groups excluding carboxylic acids is 5. The molecule has 0 saturated carbocycles. The number of nitrogens with one attached hydrogen (secondary N) is 2.